The Morgan fingerprint density at radius 2 is 1.38 bits per heavy atom. The zero-order chi connectivity index (χ0) is 19.1. The van der Waals surface area contributed by atoms with Gasteiger partial charge in [0.1, 0.15) is 17.3 Å². The minimum Gasteiger partial charge on any atom is -0.222 e. The van der Waals surface area contributed by atoms with Gasteiger partial charge in [-0.1, -0.05) is 24.3 Å². The van der Waals surface area contributed by atoms with Gasteiger partial charge in [-0.2, -0.15) is 13.2 Å². The molecule has 26 heavy (non-hydrogen) atoms. The van der Waals surface area contributed by atoms with Crippen molar-refractivity contribution >= 4 is 10.9 Å². The van der Waals surface area contributed by atoms with Crippen LogP contribution in [0.4, 0.5) is 13.2 Å². The van der Waals surface area contributed by atoms with E-state index in [0.717, 1.165) is 35.0 Å². The molecule has 4 rings (SSSR count). The quantitative estimate of drug-likeness (QED) is 0.486. The highest BCUT2D eigenvalue weighted by Gasteiger charge is 2.54. The van der Waals surface area contributed by atoms with Crippen molar-refractivity contribution in [2.75, 3.05) is 11.5 Å². The SMILES string of the molecule is FC(F)(F)c1ccc(C[S+]2C[C@@H]3[C@H](C2)[C@@H]2C=C[C@H]3C2)cc1.[O-][Cl+3]([O-])([O-])[O-]. The molecule has 2 bridgehead atoms. The van der Waals surface area contributed by atoms with E-state index in [1.807, 2.05) is 0 Å². The molecule has 3 aliphatic rings. The van der Waals surface area contributed by atoms with Crippen molar-refractivity contribution in [3.63, 3.8) is 0 Å². The normalized spacial score (nSPS) is 32.3. The van der Waals surface area contributed by atoms with E-state index < -0.39 is 22.0 Å². The average molecular weight is 411 g/mol. The number of allylic oxidation sites excluding steroid dienone is 2. The molecule has 0 N–H and O–H groups in total. The minimum atomic E-state index is -4.94. The molecule has 1 aromatic carbocycles. The highest BCUT2D eigenvalue weighted by atomic mass is 35.7. The third kappa shape index (κ3) is 4.94. The molecule has 0 radical (unpaired) electrons. The monoisotopic (exact) mass is 410 g/mol. The van der Waals surface area contributed by atoms with Crippen molar-refractivity contribution in [3.8, 4) is 0 Å². The van der Waals surface area contributed by atoms with Crippen molar-refractivity contribution in [3.05, 3.63) is 47.5 Å². The maximum atomic E-state index is 12.6. The second-order valence-corrected chi connectivity index (χ2v) is 9.87. The van der Waals surface area contributed by atoms with Crippen LogP contribution in [0.5, 0.6) is 0 Å². The zero-order valence-corrected chi connectivity index (χ0v) is 15.2. The molecule has 9 heteroatoms. The molecule has 1 saturated carbocycles. The minimum absolute atomic E-state index is 0.363. The molecule has 0 spiro atoms. The lowest BCUT2D eigenvalue weighted by Gasteiger charge is -2.17. The van der Waals surface area contributed by atoms with Gasteiger partial charge >= 0.3 is 6.18 Å². The van der Waals surface area contributed by atoms with Gasteiger partial charge < -0.3 is 0 Å². The molecule has 2 aliphatic carbocycles. The van der Waals surface area contributed by atoms with Gasteiger partial charge in [0.25, 0.3) is 0 Å². The second kappa shape index (κ2) is 7.33. The van der Waals surface area contributed by atoms with Gasteiger partial charge in [0.15, 0.2) is 0 Å². The molecule has 1 heterocycles. The first kappa shape index (κ1) is 20.0. The van der Waals surface area contributed by atoms with E-state index in [-0.39, 0.29) is 0 Å². The third-order valence-corrected chi connectivity index (χ3v) is 7.76. The smallest absolute Gasteiger partial charge is 0.222 e. The van der Waals surface area contributed by atoms with Gasteiger partial charge in [0.2, 0.25) is 0 Å². The fraction of sp³-hybridized carbons (Fsp3) is 0.529. The summed E-state index contributed by atoms with van der Waals surface area (Å²) in [6.07, 6.45) is 1.93. The van der Waals surface area contributed by atoms with E-state index in [4.69, 9.17) is 18.6 Å². The molecule has 1 aliphatic heterocycles. The number of rotatable bonds is 2. The van der Waals surface area contributed by atoms with Crippen molar-refractivity contribution in [1.29, 1.82) is 0 Å². The maximum absolute atomic E-state index is 12.6. The Kier molecular flexibility index (Phi) is 5.63. The van der Waals surface area contributed by atoms with Crippen LogP contribution in [0.3, 0.4) is 0 Å². The van der Waals surface area contributed by atoms with E-state index in [2.05, 4.69) is 12.2 Å². The van der Waals surface area contributed by atoms with E-state index in [1.54, 1.807) is 12.1 Å². The highest BCUT2D eigenvalue weighted by molar-refractivity contribution is 7.96. The Labute approximate surface area is 154 Å². The van der Waals surface area contributed by atoms with Crippen molar-refractivity contribution in [2.24, 2.45) is 23.7 Å². The van der Waals surface area contributed by atoms with Gasteiger partial charge in [0, 0.05) is 17.4 Å². The van der Waals surface area contributed by atoms with Gasteiger partial charge in [0.05, 0.1) is 5.56 Å². The van der Waals surface area contributed by atoms with Crippen LogP contribution in [-0.2, 0) is 22.8 Å². The summed E-state index contributed by atoms with van der Waals surface area (Å²) in [6, 6.07) is 5.77. The van der Waals surface area contributed by atoms with E-state index >= 15 is 0 Å². The molecule has 144 valence electrons. The zero-order valence-electron chi connectivity index (χ0n) is 13.7. The number of fused-ring (bicyclic) bond motifs is 5. The molecule has 1 unspecified atom stereocenters. The maximum Gasteiger partial charge on any atom is 0.416 e. The summed E-state index contributed by atoms with van der Waals surface area (Å²) in [5.74, 6) is 6.85. The van der Waals surface area contributed by atoms with E-state index in [0.29, 0.717) is 10.9 Å². The van der Waals surface area contributed by atoms with Gasteiger partial charge in [-0.05, 0) is 41.3 Å². The Bertz CT molecular complexity index is 633. The largest absolute Gasteiger partial charge is 0.416 e. The first-order valence-electron chi connectivity index (χ1n) is 8.11. The Morgan fingerprint density at radius 3 is 1.81 bits per heavy atom. The number of halogens is 4. The van der Waals surface area contributed by atoms with Crippen LogP contribution >= 0.6 is 0 Å². The van der Waals surface area contributed by atoms with Crippen LogP contribution in [-0.4, -0.2) is 11.5 Å². The summed E-state index contributed by atoms with van der Waals surface area (Å²) in [4.78, 5) is 0. The molecular weight excluding hydrogens is 393 g/mol. The number of hydrogen-bond donors (Lipinski definition) is 0. The first-order valence-corrected chi connectivity index (χ1v) is 11.1. The lowest BCUT2D eigenvalue weighted by atomic mass is 9.86. The lowest BCUT2D eigenvalue weighted by molar-refractivity contribution is -2.00. The molecular formula is C17H18ClF3O4S. The Balaban J connectivity index is 0.000000349. The average Bonchev–Trinajstić information content (AvgIpc) is 3.17. The fourth-order valence-corrected chi connectivity index (χ4v) is 7.39. The molecule has 0 aromatic heterocycles. The summed E-state index contributed by atoms with van der Waals surface area (Å²) >= 11 is 0. The summed E-state index contributed by atoms with van der Waals surface area (Å²) < 4.78 is 71.7. The Morgan fingerprint density at radius 1 is 0.923 bits per heavy atom. The lowest BCUT2D eigenvalue weighted by Crippen LogP contribution is -2.68. The number of hydrogen-bond acceptors (Lipinski definition) is 4. The molecule has 4 nitrogen and oxygen atoms in total. The molecule has 1 aromatic rings. The third-order valence-electron chi connectivity index (χ3n) is 5.31. The molecule has 1 saturated heterocycles. The standard InChI is InChI=1S/C17H18F3S.ClHO4/c18-17(19,20)14-5-1-11(2-6-14)8-21-9-15-12-3-4-13(7-12)16(15)10-21;2-1(3,4)5/h1-6,12-13,15-16H,7-10H2;(H,2,3,4,5)/q+1;/p-1/t12-,13+,15-,16+,21?;. The predicted molar refractivity (Wildman–Crippen MR) is 80.0 cm³/mol. The van der Waals surface area contributed by atoms with E-state index in [9.17, 15) is 13.2 Å². The van der Waals surface area contributed by atoms with Crippen molar-refractivity contribution < 1.29 is 42.1 Å². The molecule has 0 amide bonds. The molecule has 5 atom stereocenters. The van der Waals surface area contributed by atoms with Crippen molar-refractivity contribution in [2.45, 2.75) is 18.3 Å². The topological polar surface area (TPSA) is 92.2 Å². The first-order chi connectivity index (χ1) is 12.0. The van der Waals surface area contributed by atoms with Crippen LogP contribution in [0.25, 0.3) is 0 Å². The van der Waals surface area contributed by atoms with Gasteiger partial charge in [-0.3, -0.25) is 0 Å². The number of alkyl halides is 3. The van der Waals surface area contributed by atoms with E-state index in [1.165, 1.54) is 30.1 Å². The highest BCUT2D eigenvalue weighted by Crippen LogP contribution is 2.52. The summed E-state index contributed by atoms with van der Waals surface area (Å²) in [6.45, 7) is 0. The Hall–Kier alpha value is -0.770. The molecule has 2 fully saturated rings. The van der Waals surface area contributed by atoms with Crippen LogP contribution in [0.15, 0.2) is 36.4 Å². The van der Waals surface area contributed by atoms with Gasteiger partial charge in [-0.25, -0.2) is 18.6 Å². The van der Waals surface area contributed by atoms with Crippen LogP contribution in [0, 0.1) is 33.9 Å². The van der Waals surface area contributed by atoms with Crippen LogP contribution in [0.2, 0.25) is 0 Å². The van der Waals surface area contributed by atoms with Crippen LogP contribution < -0.4 is 18.6 Å². The summed E-state index contributed by atoms with van der Waals surface area (Å²) in [5, 5.41) is 0. The number of benzene rings is 1. The second-order valence-electron chi connectivity index (χ2n) is 6.94. The summed E-state index contributed by atoms with van der Waals surface area (Å²) in [7, 11) is -4.58. The predicted octanol–water partition coefficient (Wildman–Crippen LogP) is -0.480. The van der Waals surface area contributed by atoms with Gasteiger partial charge in [-0.15, -0.1) is 10.2 Å². The fourth-order valence-electron chi connectivity index (χ4n) is 4.28. The van der Waals surface area contributed by atoms with Crippen molar-refractivity contribution in [1.82, 2.24) is 0 Å². The summed E-state index contributed by atoms with van der Waals surface area (Å²) in [5.41, 5.74) is 0.520. The van der Waals surface area contributed by atoms with Crippen LogP contribution in [0.1, 0.15) is 17.5 Å².